The summed E-state index contributed by atoms with van der Waals surface area (Å²) in [5.74, 6) is 0.605. The van der Waals surface area contributed by atoms with E-state index in [2.05, 4.69) is 29.4 Å². The molecule has 0 radical (unpaired) electrons. The Morgan fingerprint density at radius 2 is 2.11 bits per heavy atom. The van der Waals surface area contributed by atoms with E-state index in [9.17, 15) is 4.79 Å². The van der Waals surface area contributed by atoms with Crippen LogP contribution in [0.1, 0.15) is 47.1 Å². The zero-order valence-corrected chi connectivity index (χ0v) is 15.7. The highest BCUT2D eigenvalue weighted by Crippen LogP contribution is 2.22. The number of unbranched alkanes of at least 4 members (excludes halogenated alkanes) is 1. The Morgan fingerprint density at radius 3 is 2.85 bits per heavy atom. The van der Waals surface area contributed by atoms with Crippen LogP contribution in [0, 0.1) is 0 Å². The Kier molecular flexibility index (Phi) is 6.08. The molecule has 0 saturated heterocycles. The highest BCUT2D eigenvalue weighted by Gasteiger charge is 2.13. The Morgan fingerprint density at radius 1 is 1.26 bits per heavy atom. The van der Waals surface area contributed by atoms with Gasteiger partial charge in [-0.3, -0.25) is 4.79 Å². The lowest BCUT2D eigenvalue weighted by molar-refractivity contribution is 0.0948. The minimum atomic E-state index is -0.284. The lowest BCUT2D eigenvalue weighted by Gasteiger charge is -2.07. The minimum absolute atomic E-state index is 0.187. The van der Waals surface area contributed by atoms with Crippen molar-refractivity contribution in [2.75, 3.05) is 12.8 Å². The Bertz CT molecular complexity index is 934. The zero-order valence-electron chi connectivity index (χ0n) is 15.7. The SMILES string of the molecule is CCCCc1ccc2oc(CNC(=O)c3ccc(COC)nc3N)cc2c1. The van der Waals surface area contributed by atoms with Crippen LogP contribution in [0.25, 0.3) is 11.0 Å². The second-order valence-electron chi connectivity index (χ2n) is 6.54. The van der Waals surface area contributed by atoms with Crippen LogP contribution >= 0.6 is 0 Å². The van der Waals surface area contributed by atoms with Crippen LogP contribution in [0.2, 0.25) is 0 Å². The van der Waals surface area contributed by atoms with Crippen molar-refractivity contribution in [1.29, 1.82) is 0 Å². The van der Waals surface area contributed by atoms with E-state index in [1.807, 2.05) is 12.1 Å². The molecule has 0 aliphatic carbocycles. The summed E-state index contributed by atoms with van der Waals surface area (Å²) in [5, 5.41) is 3.89. The predicted octanol–water partition coefficient (Wildman–Crippen LogP) is 3.83. The van der Waals surface area contributed by atoms with Crippen molar-refractivity contribution in [3.63, 3.8) is 0 Å². The van der Waals surface area contributed by atoms with Crippen molar-refractivity contribution >= 4 is 22.7 Å². The highest BCUT2D eigenvalue weighted by molar-refractivity contribution is 5.98. The molecule has 0 spiro atoms. The number of nitrogens with one attached hydrogen (secondary N) is 1. The number of methoxy groups -OCH3 is 1. The molecule has 0 bridgehead atoms. The fourth-order valence-electron chi connectivity index (χ4n) is 2.97. The number of amides is 1. The third-order valence-electron chi connectivity index (χ3n) is 4.39. The number of aromatic nitrogens is 1. The van der Waals surface area contributed by atoms with Gasteiger partial charge in [-0.05, 0) is 48.7 Å². The van der Waals surface area contributed by atoms with E-state index >= 15 is 0 Å². The summed E-state index contributed by atoms with van der Waals surface area (Å²) in [5.41, 5.74) is 9.04. The second-order valence-corrected chi connectivity index (χ2v) is 6.54. The van der Waals surface area contributed by atoms with Gasteiger partial charge in [0.2, 0.25) is 0 Å². The maximum absolute atomic E-state index is 12.4. The first-order valence-corrected chi connectivity index (χ1v) is 9.14. The molecule has 0 aliphatic heterocycles. The fraction of sp³-hybridized carbons (Fsp3) is 0.333. The topological polar surface area (TPSA) is 90.4 Å². The number of nitrogens with two attached hydrogens (primary N) is 1. The van der Waals surface area contributed by atoms with Crippen LogP contribution < -0.4 is 11.1 Å². The largest absolute Gasteiger partial charge is 0.459 e. The molecular weight excluding hydrogens is 342 g/mol. The van der Waals surface area contributed by atoms with Gasteiger partial charge < -0.3 is 20.2 Å². The summed E-state index contributed by atoms with van der Waals surface area (Å²) >= 11 is 0. The van der Waals surface area contributed by atoms with Crippen LogP contribution in [-0.4, -0.2) is 18.0 Å². The van der Waals surface area contributed by atoms with Gasteiger partial charge in [-0.25, -0.2) is 4.98 Å². The van der Waals surface area contributed by atoms with Gasteiger partial charge in [0.1, 0.15) is 17.2 Å². The number of aryl methyl sites for hydroxylation is 1. The van der Waals surface area contributed by atoms with E-state index in [0.717, 1.165) is 17.4 Å². The molecule has 0 atom stereocenters. The molecular formula is C21H25N3O3. The number of anilines is 1. The number of hydrogen-bond donors (Lipinski definition) is 2. The maximum Gasteiger partial charge on any atom is 0.255 e. The van der Waals surface area contributed by atoms with Crippen LogP contribution in [-0.2, 0) is 24.3 Å². The number of pyridine rings is 1. The molecule has 1 amide bonds. The molecule has 142 valence electrons. The normalized spacial score (nSPS) is 11.0. The number of ether oxygens (including phenoxy) is 1. The summed E-state index contributed by atoms with van der Waals surface area (Å²) in [4.78, 5) is 16.6. The molecule has 1 aromatic carbocycles. The van der Waals surface area contributed by atoms with Gasteiger partial charge in [-0.15, -0.1) is 0 Å². The third kappa shape index (κ3) is 4.65. The number of hydrogen-bond acceptors (Lipinski definition) is 5. The van der Waals surface area contributed by atoms with Crippen LogP contribution in [0.3, 0.4) is 0 Å². The quantitative estimate of drug-likeness (QED) is 0.631. The molecule has 3 aromatic rings. The van der Waals surface area contributed by atoms with Gasteiger partial charge in [0, 0.05) is 12.5 Å². The van der Waals surface area contributed by atoms with Gasteiger partial charge in [-0.1, -0.05) is 19.4 Å². The number of rotatable bonds is 8. The smallest absolute Gasteiger partial charge is 0.255 e. The van der Waals surface area contributed by atoms with E-state index in [0.29, 0.717) is 23.6 Å². The molecule has 0 fully saturated rings. The average molecular weight is 367 g/mol. The minimum Gasteiger partial charge on any atom is -0.459 e. The summed E-state index contributed by atoms with van der Waals surface area (Å²) in [6.45, 7) is 2.83. The molecule has 0 aliphatic rings. The lowest BCUT2D eigenvalue weighted by Crippen LogP contribution is -2.24. The van der Waals surface area contributed by atoms with Crippen LogP contribution in [0.15, 0.2) is 40.8 Å². The number of carbonyl (C=O) groups excluding carboxylic acids is 1. The summed E-state index contributed by atoms with van der Waals surface area (Å²) in [6, 6.07) is 11.6. The van der Waals surface area contributed by atoms with Crippen LogP contribution in [0.4, 0.5) is 5.82 Å². The summed E-state index contributed by atoms with van der Waals surface area (Å²) < 4.78 is 10.8. The van der Waals surface area contributed by atoms with E-state index in [1.165, 1.54) is 18.4 Å². The van der Waals surface area contributed by atoms with Crippen molar-refractivity contribution in [2.45, 2.75) is 39.3 Å². The first kappa shape index (κ1) is 18.9. The average Bonchev–Trinajstić information content (AvgIpc) is 3.07. The fourth-order valence-corrected chi connectivity index (χ4v) is 2.97. The standard InChI is InChI=1S/C21H25N3O3/c1-3-4-5-14-6-9-19-15(10-14)11-17(27-19)12-23-21(25)18-8-7-16(13-26-2)24-20(18)22/h6-11H,3-5,12-13H2,1-2H3,(H2,22,24)(H,23,25). The molecule has 0 unspecified atom stereocenters. The lowest BCUT2D eigenvalue weighted by atomic mass is 10.1. The van der Waals surface area contributed by atoms with E-state index in [-0.39, 0.29) is 18.3 Å². The van der Waals surface area contributed by atoms with Crippen molar-refractivity contribution < 1.29 is 13.9 Å². The first-order chi connectivity index (χ1) is 13.1. The maximum atomic E-state index is 12.4. The Balaban J connectivity index is 1.66. The molecule has 2 aromatic heterocycles. The zero-order chi connectivity index (χ0) is 19.2. The number of fused-ring (bicyclic) bond motifs is 1. The van der Waals surface area contributed by atoms with Crippen molar-refractivity contribution in [3.05, 3.63) is 59.0 Å². The van der Waals surface area contributed by atoms with Crippen LogP contribution in [0.5, 0.6) is 0 Å². The number of nitrogen functional groups attached to an aromatic ring is 1. The van der Waals surface area contributed by atoms with Crippen molar-refractivity contribution in [3.8, 4) is 0 Å². The van der Waals surface area contributed by atoms with Gasteiger partial charge in [0.05, 0.1) is 24.4 Å². The molecule has 27 heavy (non-hydrogen) atoms. The van der Waals surface area contributed by atoms with Gasteiger partial charge in [0.15, 0.2) is 0 Å². The molecule has 6 nitrogen and oxygen atoms in total. The van der Waals surface area contributed by atoms with E-state index < -0.39 is 0 Å². The summed E-state index contributed by atoms with van der Waals surface area (Å²) in [7, 11) is 1.58. The van der Waals surface area contributed by atoms with Gasteiger partial charge in [-0.2, -0.15) is 0 Å². The third-order valence-corrected chi connectivity index (χ3v) is 4.39. The number of furan rings is 1. The Hall–Kier alpha value is -2.86. The van der Waals surface area contributed by atoms with E-state index in [1.54, 1.807) is 19.2 Å². The molecule has 2 heterocycles. The highest BCUT2D eigenvalue weighted by atomic mass is 16.5. The van der Waals surface area contributed by atoms with Gasteiger partial charge in [0.25, 0.3) is 5.91 Å². The number of nitrogens with zero attached hydrogens (tertiary/aromatic N) is 1. The van der Waals surface area contributed by atoms with Gasteiger partial charge >= 0.3 is 0 Å². The molecule has 6 heteroatoms. The Labute approximate surface area is 158 Å². The first-order valence-electron chi connectivity index (χ1n) is 9.14. The van der Waals surface area contributed by atoms with Crippen molar-refractivity contribution in [1.82, 2.24) is 10.3 Å². The summed E-state index contributed by atoms with van der Waals surface area (Å²) in [6.07, 6.45) is 3.41. The number of carbonyl (C=O) groups is 1. The second kappa shape index (κ2) is 8.68. The molecule has 3 rings (SSSR count). The van der Waals surface area contributed by atoms with E-state index in [4.69, 9.17) is 14.9 Å². The monoisotopic (exact) mass is 367 g/mol. The van der Waals surface area contributed by atoms with Crippen molar-refractivity contribution in [2.24, 2.45) is 0 Å². The number of benzene rings is 1. The molecule has 0 saturated carbocycles. The predicted molar refractivity (Wildman–Crippen MR) is 105 cm³/mol. The molecule has 3 N–H and O–H groups in total.